The van der Waals surface area contributed by atoms with Crippen LogP contribution in [0.25, 0.3) is 0 Å². The summed E-state index contributed by atoms with van der Waals surface area (Å²) in [6.07, 6.45) is 2.26. The Bertz CT molecular complexity index is 149. The van der Waals surface area contributed by atoms with E-state index in [-0.39, 0.29) is 0 Å². The van der Waals surface area contributed by atoms with Gasteiger partial charge in [0.05, 0.1) is 13.2 Å². The van der Waals surface area contributed by atoms with Gasteiger partial charge >= 0.3 is 0 Å². The van der Waals surface area contributed by atoms with Gasteiger partial charge in [0.2, 0.25) is 0 Å². The molecule has 3 N–H and O–H groups in total. The first-order valence-electron chi connectivity index (χ1n) is 6.09. The van der Waals surface area contributed by atoms with Crippen molar-refractivity contribution < 1.29 is 4.74 Å². The zero-order valence-electron chi connectivity index (χ0n) is 9.87. The molecule has 0 saturated carbocycles. The van der Waals surface area contributed by atoms with Gasteiger partial charge in [-0.1, -0.05) is 6.92 Å². The minimum Gasteiger partial charge on any atom is -0.379 e. The Morgan fingerprint density at radius 2 is 2.13 bits per heavy atom. The van der Waals surface area contributed by atoms with Crippen molar-refractivity contribution in [1.82, 2.24) is 10.2 Å². The smallest absolute Gasteiger partial charge is 0.0594 e. The highest BCUT2D eigenvalue weighted by Gasteiger charge is 2.08. The van der Waals surface area contributed by atoms with Crippen LogP contribution in [0.2, 0.25) is 0 Å². The maximum absolute atomic E-state index is 5.81. The summed E-state index contributed by atoms with van der Waals surface area (Å²) in [6, 6.07) is 0.313. The van der Waals surface area contributed by atoms with Gasteiger partial charge in [0.25, 0.3) is 0 Å². The largest absolute Gasteiger partial charge is 0.379 e. The van der Waals surface area contributed by atoms with Crippen LogP contribution in [-0.4, -0.2) is 56.9 Å². The molecule has 0 aromatic heterocycles. The molecule has 4 heteroatoms. The van der Waals surface area contributed by atoms with E-state index < -0.39 is 0 Å². The summed E-state index contributed by atoms with van der Waals surface area (Å²) in [5.74, 6) is 0. The summed E-state index contributed by atoms with van der Waals surface area (Å²) in [6.45, 7) is 9.30. The summed E-state index contributed by atoms with van der Waals surface area (Å²) >= 11 is 0. The Labute approximate surface area is 93.1 Å². The van der Waals surface area contributed by atoms with E-state index in [0.29, 0.717) is 6.04 Å². The average Bonchev–Trinajstić information content (AvgIpc) is 2.29. The van der Waals surface area contributed by atoms with Crippen molar-refractivity contribution in [2.75, 3.05) is 45.9 Å². The summed E-state index contributed by atoms with van der Waals surface area (Å²) < 4.78 is 5.30. The normalized spacial score (nSPS) is 20.4. The maximum atomic E-state index is 5.81. The molecule has 90 valence electrons. The van der Waals surface area contributed by atoms with Crippen molar-refractivity contribution in [2.24, 2.45) is 5.73 Å². The predicted octanol–water partition coefficient (Wildman–Crippen LogP) is 0.0356. The molecule has 0 aromatic rings. The zero-order chi connectivity index (χ0) is 10.9. The van der Waals surface area contributed by atoms with Crippen LogP contribution in [-0.2, 0) is 4.74 Å². The van der Waals surface area contributed by atoms with Crippen molar-refractivity contribution in [1.29, 1.82) is 0 Å². The number of morpholine rings is 1. The van der Waals surface area contributed by atoms with Crippen LogP contribution < -0.4 is 11.1 Å². The van der Waals surface area contributed by atoms with E-state index in [1.165, 1.54) is 13.0 Å². The zero-order valence-corrected chi connectivity index (χ0v) is 9.87. The van der Waals surface area contributed by atoms with Crippen molar-refractivity contribution in [2.45, 2.75) is 25.8 Å². The van der Waals surface area contributed by atoms with E-state index in [4.69, 9.17) is 10.5 Å². The molecule has 0 aliphatic carbocycles. The van der Waals surface area contributed by atoms with Crippen LogP contribution >= 0.6 is 0 Å². The lowest BCUT2D eigenvalue weighted by Crippen LogP contribution is -2.38. The molecule has 1 saturated heterocycles. The van der Waals surface area contributed by atoms with Gasteiger partial charge in [-0.25, -0.2) is 0 Å². The third kappa shape index (κ3) is 6.10. The van der Waals surface area contributed by atoms with Crippen molar-refractivity contribution >= 4 is 0 Å². The van der Waals surface area contributed by atoms with Crippen LogP contribution in [0.1, 0.15) is 19.8 Å². The van der Waals surface area contributed by atoms with Crippen LogP contribution in [0.5, 0.6) is 0 Å². The van der Waals surface area contributed by atoms with E-state index in [2.05, 4.69) is 17.1 Å². The molecule has 0 amide bonds. The predicted molar refractivity (Wildman–Crippen MR) is 63.0 cm³/mol. The molecule has 0 bridgehead atoms. The molecule has 1 rings (SSSR count). The Kier molecular flexibility index (Phi) is 6.92. The molecule has 1 atom stereocenters. The Hall–Kier alpha value is -0.160. The summed E-state index contributed by atoms with van der Waals surface area (Å²) in [5.41, 5.74) is 5.81. The first-order chi connectivity index (χ1) is 7.33. The Balaban J connectivity index is 1.87. The van der Waals surface area contributed by atoms with Gasteiger partial charge in [0.15, 0.2) is 0 Å². The highest BCUT2D eigenvalue weighted by Crippen LogP contribution is 1.97. The summed E-state index contributed by atoms with van der Waals surface area (Å²) in [7, 11) is 0. The first-order valence-corrected chi connectivity index (χ1v) is 6.09. The third-order valence-corrected chi connectivity index (χ3v) is 2.86. The monoisotopic (exact) mass is 215 g/mol. The minimum atomic E-state index is 0.313. The quantitative estimate of drug-likeness (QED) is 0.589. The van der Waals surface area contributed by atoms with Crippen molar-refractivity contribution in [3.8, 4) is 0 Å². The number of ether oxygens (including phenoxy) is 1. The molecule has 15 heavy (non-hydrogen) atoms. The van der Waals surface area contributed by atoms with Gasteiger partial charge in [-0.3, -0.25) is 4.90 Å². The number of rotatable bonds is 7. The van der Waals surface area contributed by atoms with E-state index in [9.17, 15) is 0 Å². The Morgan fingerprint density at radius 3 is 2.80 bits per heavy atom. The highest BCUT2D eigenvalue weighted by atomic mass is 16.5. The molecule has 1 unspecified atom stereocenters. The summed E-state index contributed by atoms with van der Waals surface area (Å²) in [5, 5.41) is 3.39. The van der Waals surface area contributed by atoms with Crippen molar-refractivity contribution in [3.05, 3.63) is 0 Å². The third-order valence-electron chi connectivity index (χ3n) is 2.86. The molecular weight excluding hydrogens is 190 g/mol. The van der Waals surface area contributed by atoms with Gasteiger partial charge in [-0.15, -0.1) is 0 Å². The molecule has 4 nitrogen and oxygen atoms in total. The fourth-order valence-corrected chi connectivity index (χ4v) is 1.68. The number of nitrogens with two attached hydrogens (primary N) is 1. The Morgan fingerprint density at radius 1 is 1.40 bits per heavy atom. The first kappa shape index (κ1) is 12.9. The molecule has 1 heterocycles. The number of nitrogens with zero attached hydrogens (tertiary/aromatic N) is 1. The van der Waals surface area contributed by atoms with Gasteiger partial charge in [0, 0.05) is 25.7 Å². The number of hydrogen-bond acceptors (Lipinski definition) is 4. The topological polar surface area (TPSA) is 50.5 Å². The lowest BCUT2D eigenvalue weighted by Gasteiger charge is -2.26. The van der Waals surface area contributed by atoms with Crippen LogP contribution in [0.4, 0.5) is 0 Å². The van der Waals surface area contributed by atoms with Crippen LogP contribution in [0, 0.1) is 0 Å². The second-order valence-corrected chi connectivity index (χ2v) is 4.18. The molecular formula is C11H25N3O. The number of nitrogens with one attached hydrogen (secondary N) is 1. The van der Waals surface area contributed by atoms with Gasteiger partial charge in [0.1, 0.15) is 0 Å². The fourth-order valence-electron chi connectivity index (χ4n) is 1.68. The lowest BCUT2D eigenvalue weighted by molar-refractivity contribution is 0.0374. The standard InChI is InChI=1S/C11H25N3O/c1-2-11(12)10-13-4-3-5-14-6-8-15-9-7-14/h11,13H,2-10,12H2,1H3. The minimum absolute atomic E-state index is 0.313. The second kappa shape index (κ2) is 8.05. The molecule has 0 radical (unpaired) electrons. The molecule has 1 fully saturated rings. The highest BCUT2D eigenvalue weighted by molar-refractivity contribution is 4.64. The molecule has 1 aliphatic heterocycles. The molecule has 1 aliphatic rings. The molecule has 0 spiro atoms. The van der Waals surface area contributed by atoms with Gasteiger partial charge in [-0.05, 0) is 25.9 Å². The van der Waals surface area contributed by atoms with Crippen LogP contribution in [0.15, 0.2) is 0 Å². The van der Waals surface area contributed by atoms with E-state index in [0.717, 1.165) is 45.8 Å². The average molecular weight is 215 g/mol. The van der Waals surface area contributed by atoms with Gasteiger partial charge < -0.3 is 15.8 Å². The lowest BCUT2D eigenvalue weighted by atomic mass is 10.2. The second-order valence-electron chi connectivity index (χ2n) is 4.18. The SMILES string of the molecule is CCC(N)CNCCCN1CCOCC1. The van der Waals surface area contributed by atoms with Crippen LogP contribution in [0.3, 0.4) is 0 Å². The van der Waals surface area contributed by atoms with Gasteiger partial charge in [-0.2, -0.15) is 0 Å². The summed E-state index contributed by atoms with van der Waals surface area (Å²) in [4.78, 5) is 2.46. The maximum Gasteiger partial charge on any atom is 0.0594 e. The van der Waals surface area contributed by atoms with E-state index in [1.54, 1.807) is 0 Å². The number of hydrogen-bond donors (Lipinski definition) is 2. The van der Waals surface area contributed by atoms with Crippen molar-refractivity contribution in [3.63, 3.8) is 0 Å². The fraction of sp³-hybridized carbons (Fsp3) is 1.00. The van der Waals surface area contributed by atoms with E-state index in [1.807, 2.05) is 0 Å². The van der Waals surface area contributed by atoms with E-state index >= 15 is 0 Å². The molecule has 0 aromatic carbocycles.